The number of para-hydroxylation sites is 1. The standard InChI is InChI=1S/C15H12OSSe/c1-17-15-14(18-11-7-3-2-4-8-11)12-9-5-6-10-13(12)16-15/h2-10H,1H3. The van der Waals surface area contributed by atoms with E-state index >= 15 is 0 Å². The fraction of sp³-hybridized carbons (Fsp3) is 0.0667. The van der Waals surface area contributed by atoms with Crippen LogP contribution in [0.25, 0.3) is 11.0 Å². The van der Waals surface area contributed by atoms with Crippen LogP contribution in [-0.4, -0.2) is 21.2 Å². The molecule has 0 atom stereocenters. The predicted molar refractivity (Wildman–Crippen MR) is 79.5 cm³/mol. The monoisotopic (exact) mass is 320 g/mol. The van der Waals surface area contributed by atoms with Crippen molar-refractivity contribution in [2.75, 3.05) is 6.26 Å². The molecule has 0 N–H and O–H groups in total. The van der Waals surface area contributed by atoms with Crippen molar-refractivity contribution in [3.05, 3.63) is 54.6 Å². The first-order valence-electron chi connectivity index (χ1n) is 5.67. The second-order valence-electron chi connectivity index (χ2n) is 3.83. The summed E-state index contributed by atoms with van der Waals surface area (Å²) >= 11 is 1.99. The van der Waals surface area contributed by atoms with Crippen LogP contribution in [0.4, 0.5) is 0 Å². The van der Waals surface area contributed by atoms with Gasteiger partial charge in [0, 0.05) is 0 Å². The molecular formula is C15H12OSSe. The van der Waals surface area contributed by atoms with Gasteiger partial charge in [0.05, 0.1) is 0 Å². The molecule has 3 aromatic rings. The molecule has 3 heteroatoms. The van der Waals surface area contributed by atoms with Crippen LogP contribution in [0.5, 0.6) is 0 Å². The second-order valence-corrected chi connectivity index (χ2v) is 6.89. The van der Waals surface area contributed by atoms with E-state index in [9.17, 15) is 0 Å². The summed E-state index contributed by atoms with van der Waals surface area (Å²) in [7, 11) is 0. The molecule has 0 aliphatic rings. The molecule has 0 aliphatic carbocycles. The van der Waals surface area contributed by atoms with Crippen molar-refractivity contribution in [1.82, 2.24) is 0 Å². The fourth-order valence-corrected chi connectivity index (χ4v) is 5.00. The molecule has 18 heavy (non-hydrogen) atoms. The molecule has 1 nitrogen and oxygen atoms in total. The molecule has 0 radical (unpaired) electrons. The van der Waals surface area contributed by atoms with Gasteiger partial charge in [-0.05, 0) is 0 Å². The van der Waals surface area contributed by atoms with E-state index in [0.29, 0.717) is 15.0 Å². The Balaban J connectivity index is 2.10. The van der Waals surface area contributed by atoms with Gasteiger partial charge in [-0.15, -0.1) is 0 Å². The fourth-order valence-electron chi connectivity index (χ4n) is 1.84. The Morgan fingerprint density at radius 1 is 0.944 bits per heavy atom. The SMILES string of the molecule is CSc1oc2ccccc2c1[Se]c1ccccc1. The van der Waals surface area contributed by atoms with E-state index in [1.54, 1.807) is 11.8 Å². The molecule has 0 bridgehead atoms. The number of rotatable bonds is 3. The van der Waals surface area contributed by atoms with Crippen molar-refractivity contribution < 1.29 is 4.42 Å². The van der Waals surface area contributed by atoms with Crippen molar-refractivity contribution in [3.8, 4) is 0 Å². The molecule has 3 rings (SSSR count). The van der Waals surface area contributed by atoms with Crippen molar-refractivity contribution in [1.29, 1.82) is 0 Å². The van der Waals surface area contributed by atoms with E-state index in [-0.39, 0.29) is 0 Å². The number of hydrogen-bond donors (Lipinski definition) is 0. The number of furan rings is 1. The molecule has 0 unspecified atom stereocenters. The van der Waals surface area contributed by atoms with Crippen LogP contribution in [-0.2, 0) is 0 Å². The summed E-state index contributed by atoms with van der Waals surface area (Å²) in [5, 5.41) is 2.31. The number of hydrogen-bond acceptors (Lipinski definition) is 2. The third kappa shape index (κ3) is 2.22. The molecular weight excluding hydrogens is 307 g/mol. The first-order chi connectivity index (χ1) is 8.88. The van der Waals surface area contributed by atoms with Crippen molar-refractivity contribution in [2.45, 2.75) is 5.09 Å². The van der Waals surface area contributed by atoms with E-state index < -0.39 is 0 Å². The van der Waals surface area contributed by atoms with E-state index in [0.717, 1.165) is 10.7 Å². The Morgan fingerprint density at radius 2 is 1.67 bits per heavy atom. The van der Waals surface area contributed by atoms with Gasteiger partial charge in [0.2, 0.25) is 0 Å². The molecule has 0 amide bonds. The van der Waals surface area contributed by atoms with Gasteiger partial charge in [-0.2, -0.15) is 0 Å². The maximum absolute atomic E-state index is 5.90. The summed E-state index contributed by atoms with van der Waals surface area (Å²) in [6.45, 7) is 0. The second kappa shape index (κ2) is 5.23. The summed E-state index contributed by atoms with van der Waals surface area (Å²) in [5.74, 6) is 0. The number of thioether (sulfide) groups is 1. The molecule has 2 aromatic carbocycles. The molecule has 0 spiro atoms. The predicted octanol–water partition coefficient (Wildman–Crippen LogP) is 2.81. The van der Waals surface area contributed by atoms with Crippen LogP contribution in [0.2, 0.25) is 0 Å². The molecule has 1 aromatic heterocycles. The van der Waals surface area contributed by atoms with Crippen LogP contribution in [0.15, 0.2) is 64.1 Å². The van der Waals surface area contributed by atoms with E-state index in [2.05, 4.69) is 48.7 Å². The van der Waals surface area contributed by atoms with Crippen LogP contribution in [0.3, 0.4) is 0 Å². The average molecular weight is 319 g/mol. The summed E-state index contributed by atoms with van der Waals surface area (Å²) in [5.41, 5.74) is 0.995. The minimum absolute atomic E-state index is 0.298. The average Bonchev–Trinajstić information content (AvgIpc) is 2.78. The summed E-state index contributed by atoms with van der Waals surface area (Å²) in [6, 6.07) is 18.9. The van der Waals surface area contributed by atoms with Gasteiger partial charge in [0.25, 0.3) is 0 Å². The Kier molecular flexibility index (Phi) is 3.46. The Hall–Kier alpha value is -1.15. The molecule has 0 fully saturated rings. The van der Waals surface area contributed by atoms with Gasteiger partial charge < -0.3 is 0 Å². The zero-order valence-electron chi connectivity index (χ0n) is 9.92. The molecule has 0 aliphatic heterocycles. The third-order valence-corrected chi connectivity index (χ3v) is 5.96. The van der Waals surface area contributed by atoms with Crippen molar-refractivity contribution >= 4 is 46.6 Å². The summed E-state index contributed by atoms with van der Waals surface area (Å²) < 4.78 is 8.64. The van der Waals surface area contributed by atoms with Gasteiger partial charge in [-0.25, -0.2) is 0 Å². The van der Waals surface area contributed by atoms with E-state index in [1.165, 1.54) is 14.3 Å². The molecule has 0 saturated carbocycles. The molecule has 1 heterocycles. The Morgan fingerprint density at radius 3 is 2.44 bits per heavy atom. The van der Waals surface area contributed by atoms with Crippen molar-refractivity contribution in [3.63, 3.8) is 0 Å². The zero-order valence-corrected chi connectivity index (χ0v) is 12.5. The van der Waals surface area contributed by atoms with Crippen LogP contribution in [0.1, 0.15) is 0 Å². The van der Waals surface area contributed by atoms with Gasteiger partial charge in [0.1, 0.15) is 0 Å². The summed E-state index contributed by atoms with van der Waals surface area (Å²) in [6.07, 6.45) is 2.07. The zero-order chi connectivity index (χ0) is 12.4. The molecule has 90 valence electrons. The minimum atomic E-state index is 0.298. The first-order valence-corrected chi connectivity index (χ1v) is 8.60. The quantitative estimate of drug-likeness (QED) is 0.544. The third-order valence-electron chi connectivity index (χ3n) is 2.67. The van der Waals surface area contributed by atoms with E-state index in [4.69, 9.17) is 4.42 Å². The maximum atomic E-state index is 5.90. The van der Waals surface area contributed by atoms with Gasteiger partial charge in [0.15, 0.2) is 0 Å². The van der Waals surface area contributed by atoms with E-state index in [1.807, 2.05) is 12.1 Å². The van der Waals surface area contributed by atoms with Gasteiger partial charge in [-0.1, -0.05) is 0 Å². The summed E-state index contributed by atoms with van der Waals surface area (Å²) in [4.78, 5) is 0. The van der Waals surface area contributed by atoms with Crippen LogP contribution < -0.4 is 8.92 Å². The normalized spacial score (nSPS) is 10.9. The van der Waals surface area contributed by atoms with Crippen LogP contribution >= 0.6 is 11.8 Å². The van der Waals surface area contributed by atoms with Crippen molar-refractivity contribution in [2.24, 2.45) is 0 Å². The Bertz CT molecular complexity index is 661. The number of fused-ring (bicyclic) bond motifs is 1. The van der Waals surface area contributed by atoms with Gasteiger partial charge >= 0.3 is 117 Å². The van der Waals surface area contributed by atoms with Gasteiger partial charge in [-0.3, -0.25) is 0 Å². The molecule has 0 saturated heterocycles. The first kappa shape index (κ1) is 11.9. The Labute approximate surface area is 117 Å². The van der Waals surface area contributed by atoms with Crippen LogP contribution in [0, 0.1) is 0 Å². The topological polar surface area (TPSA) is 13.1 Å². The number of benzene rings is 2.